The van der Waals surface area contributed by atoms with Crippen molar-refractivity contribution < 1.29 is 32.3 Å². The van der Waals surface area contributed by atoms with Crippen LogP contribution in [0.25, 0.3) is 0 Å². The van der Waals surface area contributed by atoms with E-state index >= 15 is 0 Å². The van der Waals surface area contributed by atoms with Crippen molar-refractivity contribution in [2.45, 2.75) is 19.0 Å². The zero-order valence-corrected chi connectivity index (χ0v) is 22.1. The summed E-state index contributed by atoms with van der Waals surface area (Å²) in [5.74, 6) is 4.72. The molecule has 2 aromatic carbocycles. The van der Waals surface area contributed by atoms with Crippen LogP contribution in [-0.4, -0.2) is 78.4 Å². The predicted octanol–water partition coefficient (Wildman–Crippen LogP) is 2.77. The quantitative estimate of drug-likeness (QED) is 0.190. The highest BCUT2D eigenvalue weighted by molar-refractivity contribution is 6.64. The van der Waals surface area contributed by atoms with Crippen LogP contribution in [0.15, 0.2) is 54.7 Å². The lowest BCUT2D eigenvalue weighted by atomic mass is 9.93. The minimum atomic E-state index is -4.72. The van der Waals surface area contributed by atoms with Gasteiger partial charge >= 0.3 is 12.1 Å². The Morgan fingerprint density at radius 2 is 1.76 bits per heavy atom. The molecular formula is C29H25BF3N4O4. The van der Waals surface area contributed by atoms with Gasteiger partial charge in [-0.2, -0.15) is 13.2 Å². The molecule has 3 aromatic rings. The highest BCUT2D eigenvalue weighted by Crippen LogP contribution is 2.30. The molecular weight excluding hydrogens is 536 g/mol. The third-order valence-electron chi connectivity index (χ3n) is 6.48. The molecule has 0 aliphatic carbocycles. The molecule has 4 rings (SSSR count). The topological polar surface area (TPSA) is 92.7 Å². The second-order valence-corrected chi connectivity index (χ2v) is 9.19. The van der Waals surface area contributed by atoms with E-state index < -0.39 is 23.4 Å². The largest absolute Gasteiger partial charge is 0.469 e. The van der Waals surface area contributed by atoms with Crippen LogP contribution in [0, 0.1) is 11.8 Å². The smallest absolute Gasteiger partial charge is 0.420 e. The fourth-order valence-electron chi connectivity index (χ4n) is 4.25. The SMILES string of the molecule is COC(=O)Cc1ccccc1C#Cc1nc(Cc2ccc(C(=O)N3CCN([B]C=O)CC3)cc2)ncc1C(F)(F)F. The fourth-order valence-corrected chi connectivity index (χ4v) is 4.25. The molecule has 1 aliphatic heterocycles. The van der Waals surface area contributed by atoms with Gasteiger partial charge in [-0.25, -0.2) is 9.97 Å². The summed E-state index contributed by atoms with van der Waals surface area (Å²) >= 11 is 0. The lowest BCUT2D eigenvalue weighted by Crippen LogP contribution is -2.50. The Hall–Kier alpha value is -4.50. The number of rotatable bonds is 7. The molecule has 1 aromatic heterocycles. The van der Waals surface area contributed by atoms with Gasteiger partial charge in [-0.15, -0.1) is 0 Å². The van der Waals surface area contributed by atoms with E-state index in [1.165, 1.54) is 14.5 Å². The number of esters is 1. The lowest BCUT2D eigenvalue weighted by Gasteiger charge is -2.33. The molecule has 1 amide bonds. The number of piperazine rings is 1. The molecule has 1 aliphatic rings. The molecule has 0 atom stereocenters. The second-order valence-electron chi connectivity index (χ2n) is 9.19. The van der Waals surface area contributed by atoms with Gasteiger partial charge in [0.2, 0.25) is 0 Å². The van der Waals surface area contributed by atoms with Gasteiger partial charge < -0.3 is 19.2 Å². The Morgan fingerprint density at radius 3 is 2.41 bits per heavy atom. The van der Waals surface area contributed by atoms with E-state index in [0.717, 1.165) is 6.19 Å². The summed E-state index contributed by atoms with van der Waals surface area (Å²) in [6, 6.07) is 13.3. The average Bonchev–Trinajstić information content (AvgIpc) is 2.97. The number of nitrogens with zero attached hydrogens (tertiary/aromatic N) is 4. The Morgan fingerprint density at radius 1 is 1.05 bits per heavy atom. The maximum Gasteiger partial charge on any atom is 0.420 e. The molecule has 12 heteroatoms. The lowest BCUT2D eigenvalue weighted by molar-refractivity contribution is -0.140. The van der Waals surface area contributed by atoms with Gasteiger partial charge in [0.25, 0.3) is 13.3 Å². The number of hydrogen-bond acceptors (Lipinski definition) is 7. The summed E-state index contributed by atoms with van der Waals surface area (Å²) in [4.78, 5) is 46.8. The summed E-state index contributed by atoms with van der Waals surface area (Å²) in [6.45, 7) is 2.11. The van der Waals surface area contributed by atoms with Crippen LogP contribution in [0.4, 0.5) is 13.2 Å². The number of alkyl halides is 3. The van der Waals surface area contributed by atoms with Gasteiger partial charge in [0.05, 0.1) is 19.7 Å². The highest BCUT2D eigenvalue weighted by Gasteiger charge is 2.34. The van der Waals surface area contributed by atoms with Crippen LogP contribution in [0.1, 0.15) is 44.1 Å². The van der Waals surface area contributed by atoms with E-state index in [1.54, 1.807) is 53.4 Å². The van der Waals surface area contributed by atoms with Crippen LogP contribution in [0.5, 0.6) is 0 Å². The third kappa shape index (κ3) is 7.80. The van der Waals surface area contributed by atoms with Crippen LogP contribution < -0.4 is 0 Å². The first kappa shape index (κ1) is 29.5. The zero-order valence-electron chi connectivity index (χ0n) is 22.1. The standard InChI is InChI=1S/C29H25BF3N4O4/c1-41-27(39)17-23-5-3-2-4-21(23)10-11-25-24(29(31,32)33)18-34-26(35-25)16-20-6-8-22(9-7-20)28(40)36-12-14-37(15-13-36)30-19-38/h2-9,18-19H,12-17H2,1H3. The van der Waals surface area contributed by atoms with Crippen molar-refractivity contribution in [2.24, 2.45) is 0 Å². The zero-order chi connectivity index (χ0) is 29.4. The molecule has 1 fully saturated rings. The number of methoxy groups -OCH3 is 1. The maximum atomic E-state index is 13.7. The van der Waals surface area contributed by atoms with Crippen LogP contribution in [0.3, 0.4) is 0 Å². The van der Waals surface area contributed by atoms with Gasteiger partial charge in [0.1, 0.15) is 17.1 Å². The Bertz CT molecular complexity index is 1480. The van der Waals surface area contributed by atoms with E-state index in [0.29, 0.717) is 54.6 Å². The Balaban J connectivity index is 1.52. The normalized spacial score (nSPS) is 13.6. The summed E-state index contributed by atoms with van der Waals surface area (Å²) in [7, 11) is 2.71. The number of halogens is 3. The Labute approximate surface area is 235 Å². The number of benzene rings is 2. The molecule has 0 spiro atoms. The fraction of sp³-hybridized carbons (Fsp3) is 0.276. The molecule has 0 bridgehead atoms. The predicted molar refractivity (Wildman–Crippen MR) is 144 cm³/mol. The van der Waals surface area contributed by atoms with Gasteiger partial charge in [-0.3, -0.25) is 9.59 Å². The van der Waals surface area contributed by atoms with Crippen LogP contribution in [-0.2, 0) is 33.3 Å². The summed E-state index contributed by atoms with van der Waals surface area (Å²) in [5.41, 5.74) is 0.542. The van der Waals surface area contributed by atoms with Crippen LogP contribution in [0.2, 0.25) is 0 Å². The van der Waals surface area contributed by atoms with Crippen molar-refractivity contribution in [3.63, 3.8) is 0 Å². The van der Waals surface area contributed by atoms with E-state index in [-0.39, 0.29) is 24.6 Å². The maximum absolute atomic E-state index is 13.7. The first-order valence-electron chi connectivity index (χ1n) is 12.7. The monoisotopic (exact) mass is 561 g/mol. The number of amides is 1. The first-order chi connectivity index (χ1) is 19.7. The second kappa shape index (κ2) is 13.2. The molecule has 2 heterocycles. The van der Waals surface area contributed by atoms with Crippen molar-refractivity contribution in [3.05, 3.63) is 94.1 Å². The van der Waals surface area contributed by atoms with Crippen molar-refractivity contribution in [3.8, 4) is 11.8 Å². The average molecular weight is 561 g/mol. The van der Waals surface area contributed by atoms with Crippen molar-refractivity contribution in [1.82, 2.24) is 19.7 Å². The van der Waals surface area contributed by atoms with Gasteiger partial charge in [-0.05, 0) is 35.2 Å². The molecule has 1 saturated heterocycles. The molecule has 209 valence electrons. The van der Waals surface area contributed by atoms with E-state index in [9.17, 15) is 27.6 Å². The molecule has 0 saturated carbocycles. The summed E-state index contributed by atoms with van der Waals surface area (Å²) < 4.78 is 45.8. The van der Waals surface area contributed by atoms with E-state index in [2.05, 4.69) is 26.5 Å². The molecule has 1 radical (unpaired) electrons. The number of ether oxygens (including phenoxy) is 1. The van der Waals surface area contributed by atoms with Gasteiger partial charge in [0.15, 0.2) is 0 Å². The number of hydrogen-bond donors (Lipinski definition) is 0. The van der Waals surface area contributed by atoms with E-state index in [4.69, 9.17) is 0 Å². The molecule has 41 heavy (non-hydrogen) atoms. The van der Waals surface area contributed by atoms with Gasteiger partial charge in [-0.1, -0.05) is 36.3 Å². The highest BCUT2D eigenvalue weighted by atomic mass is 19.4. The Kier molecular flexibility index (Phi) is 9.52. The molecule has 0 unspecified atom stereocenters. The van der Waals surface area contributed by atoms with Crippen LogP contribution >= 0.6 is 0 Å². The first-order valence-corrected chi connectivity index (χ1v) is 12.7. The van der Waals surface area contributed by atoms with Crippen molar-refractivity contribution in [1.29, 1.82) is 0 Å². The number of carbonyl (C=O) groups excluding carboxylic acids is 3. The summed E-state index contributed by atoms with van der Waals surface area (Å²) in [6.07, 6.45) is -3.23. The number of aromatic nitrogens is 2. The third-order valence-corrected chi connectivity index (χ3v) is 6.48. The minimum absolute atomic E-state index is 0.0734. The van der Waals surface area contributed by atoms with E-state index in [1.807, 2.05) is 4.81 Å². The number of carbonyl (C=O) groups is 3. The van der Waals surface area contributed by atoms with Gasteiger partial charge in [0, 0.05) is 49.9 Å². The molecule has 8 nitrogen and oxygen atoms in total. The minimum Gasteiger partial charge on any atom is -0.469 e. The molecule has 0 N–H and O–H groups in total. The van der Waals surface area contributed by atoms with Crippen molar-refractivity contribution >= 4 is 25.5 Å². The summed E-state index contributed by atoms with van der Waals surface area (Å²) in [5, 5.41) is 0. The van der Waals surface area contributed by atoms with Crippen molar-refractivity contribution in [2.75, 3.05) is 33.3 Å².